The zero-order chi connectivity index (χ0) is 36.9. The summed E-state index contributed by atoms with van der Waals surface area (Å²) in [6.07, 6.45) is 0.841. The van der Waals surface area contributed by atoms with Crippen molar-refractivity contribution in [3.05, 3.63) is 93.0 Å². The van der Waals surface area contributed by atoms with E-state index in [1.807, 2.05) is 0 Å². The number of carbonyl (C=O) groups is 4. The van der Waals surface area contributed by atoms with E-state index in [0.717, 1.165) is 0 Å². The Balaban J connectivity index is 1.71. The molecule has 0 aliphatic rings. The second-order valence-electron chi connectivity index (χ2n) is 10.1. The molecule has 2 amide bonds. The lowest BCUT2D eigenvalue weighted by molar-refractivity contribution is 0.0938. The van der Waals surface area contributed by atoms with E-state index in [4.69, 9.17) is 19.6 Å². The number of aldehydes is 2. The zero-order valence-electron chi connectivity index (χ0n) is 25.9. The van der Waals surface area contributed by atoms with Crippen LogP contribution in [0, 0.1) is 23.7 Å². The Hall–Kier alpha value is -5.12. The van der Waals surface area contributed by atoms with E-state index in [0.29, 0.717) is 23.7 Å². The number of phenols is 2. The summed E-state index contributed by atoms with van der Waals surface area (Å²) in [5, 5.41) is 25.6. The molecule has 0 unspecified atom stereocenters. The monoisotopic (exact) mass is 728 g/mol. The van der Waals surface area contributed by atoms with E-state index in [2.05, 4.69) is 43.4 Å². The molecule has 3 rings (SSSR count). The van der Waals surface area contributed by atoms with Gasteiger partial charge in [0.15, 0.2) is 12.6 Å². The van der Waals surface area contributed by atoms with Gasteiger partial charge in [-0.05, 0) is 61.4 Å². The molecule has 0 spiro atoms. The molecule has 18 heteroatoms. The Bertz CT molecular complexity index is 1840. The third-order valence-corrected chi connectivity index (χ3v) is 7.38. The average Bonchev–Trinajstić information content (AvgIpc) is 3.06. The molecular weight excluding hydrogens is 698 g/mol. The molecule has 0 aliphatic carbocycles. The van der Waals surface area contributed by atoms with Crippen LogP contribution >= 0.6 is 15.6 Å². The van der Waals surface area contributed by atoms with Gasteiger partial charge in [0, 0.05) is 35.3 Å². The number of phosphoric acid groups is 2. The van der Waals surface area contributed by atoms with Crippen LogP contribution in [0.4, 0.5) is 0 Å². The topological polar surface area (TPSA) is 266 Å². The maximum Gasteiger partial charge on any atom is 0.469 e. The zero-order valence-corrected chi connectivity index (χ0v) is 27.6. The predicted octanol–water partition coefficient (Wildman–Crippen LogP) is 1.98. The molecule has 3 aromatic carbocycles. The summed E-state index contributed by atoms with van der Waals surface area (Å²) >= 11 is 0. The molecule has 0 aliphatic heterocycles. The number of benzene rings is 3. The molecule has 0 fully saturated rings. The number of aromatic hydroxyl groups is 2. The third kappa shape index (κ3) is 12.7. The van der Waals surface area contributed by atoms with Crippen molar-refractivity contribution >= 4 is 40.0 Å². The van der Waals surface area contributed by atoms with Crippen molar-refractivity contribution in [1.82, 2.24) is 10.6 Å². The lowest BCUT2D eigenvalue weighted by Crippen LogP contribution is -2.25. The highest BCUT2D eigenvalue weighted by molar-refractivity contribution is 7.46. The van der Waals surface area contributed by atoms with Gasteiger partial charge in [-0.15, -0.1) is 0 Å². The molecule has 16 nitrogen and oxygen atoms in total. The summed E-state index contributed by atoms with van der Waals surface area (Å²) in [7, 11) is -9.29. The normalized spacial score (nSPS) is 11.0. The molecule has 50 heavy (non-hydrogen) atoms. The first-order chi connectivity index (χ1) is 23.6. The van der Waals surface area contributed by atoms with Gasteiger partial charge in [-0.3, -0.25) is 28.2 Å². The fraction of sp³-hybridized carbons (Fsp3) is 0.188. The van der Waals surface area contributed by atoms with Gasteiger partial charge in [0.2, 0.25) is 0 Å². The van der Waals surface area contributed by atoms with Crippen LogP contribution in [0.15, 0.2) is 48.5 Å². The Morgan fingerprint density at radius 1 is 0.620 bits per heavy atom. The summed E-state index contributed by atoms with van der Waals surface area (Å²) in [5.74, 6) is 8.74. The first-order valence-electron chi connectivity index (χ1n) is 14.3. The maximum absolute atomic E-state index is 12.6. The minimum absolute atomic E-state index is 0.0383. The van der Waals surface area contributed by atoms with Crippen molar-refractivity contribution in [2.24, 2.45) is 0 Å². The first-order valence-corrected chi connectivity index (χ1v) is 17.4. The molecule has 262 valence electrons. The van der Waals surface area contributed by atoms with E-state index in [-0.39, 0.29) is 72.5 Å². The van der Waals surface area contributed by atoms with Gasteiger partial charge >= 0.3 is 15.6 Å². The van der Waals surface area contributed by atoms with Crippen molar-refractivity contribution in [2.75, 3.05) is 26.3 Å². The Labute approximate surface area is 284 Å². The van der Waals surface area contributed by atoms with Gasteiger partial charge in [-0.1, -0.05) is 23.7 Å². The van der Waals surface area contributed by atoms with Gasteiger partial charge < -0.3 is 40.4 Å². The van der Waals surface area contributed by atoms with Crippen molar-refractivity contribution < 1.29 is 67.1 Å². The molecule has 0 aromatic heterocycles. The van der Waals surface area contributed by atoms with E-state index in [1.54, 1.807) is 24.3 Å². The van der Waals surface area contributed by atoms with Crippen molar-refractivity contribution in [3.8, 4) is 35.2 Å². The van der Waals surface area contributed by atoms with Crippen LogP contribution in [-0.2, 0) is 18.2 Å². The van der Waals surface area contributed by atoms with Gasteiger partial charge in [-0.2, -0.15) is 0 Å². The third-order valence-electron chi connectivity index (χ3n) is 6.34. The lowest BCUT2D eigenvalue weighted by Gasteiger charge is -2.09. The highest BCUT2D eigenvalue weighted by atomic mass is 31.2. The van der Waals surface area contributed by atoms with Crippen molar-refractivity contribution in [3.63, 3.8) is 0 Å². The number of amides is 2. The standard InChI is InChI=1S/C32H30N2O14P2/c35-19-25-15-23(17-27(29(25)37)31(39)33-11-1-13-47-49(41,42)43)9-7-21-3-5-22(6-4-21)8-10-24-16-26(20-36)30(38)28(18-24)32(40)34-12-2-14-48-50(44,45)46/h3-6,15-20,37-38H,1-2,11-14H2,(H,33,39)(H,34,40)(H2,41,42,43)(H2,44,45,46). The maximum atomic E-state index is 12.6. The molecule has 0 atom stereocenters. The number of hydrogen-bond acceptors (Lipinski definition) is 10. The number of phenolic OH excluding ortho intramolecular Hbond substituents is 2. The molecular formula is C32H30N2O14P2. The second kappa shape index (κ2) is 18.0. The molecule has 3 aromatic rings. The Morgan fingerprint density at radius 2 is 0.960 bits per heavy atom. The van der Waals surface area contributed by atoms with Crippen molar-refractivity contribution in [1.29, 1.82) is 0 Å². The van der Waals surface area contributed by atoms with Gasteiger partial charge in [-0.25, -0.2) is 9.13 Å². The van der Waals surface area contributed by atoms with Crippen LogP contribution in [0.25, 0.3) is 0 Å². The van der Waals surface area contributed by atoms with Crippen LogP contribution in [0.1, 0.15) is 76.5 Å². The van der Waals surface area contributed by atoms with E-state index in [9.17, 15) is 38.5 Å². The minimum Gasteiger partial charge on any atom is -0.506 e. The van der Waals surface area contributed by atoms with Crippen LogP contribution in [0.3, 0.4) is 0 Å². The van der Waals surface area contributed by atoms with Gasteiger partial charge in [0.25, 0.3) is 11.8 Å². The fourth-order valence-corrected chi connectivity index (χ4v) is 4.75. The lowest BCUT2D eigenvalue weighted by atomic mass is 10.0. The summed E-state index contributed by atoms with van der Waals surface area (Å²) < 4.78 is 30.1. The van der Waals surface area contributed by atoms with Crippen LogP contribution in [0.2, 0.25) is 0 Å². The highest BCUT2D eigenvalue weighted by Gasteiger charge is 2.18. The molecule has 8 N–H and O–H groups in total. The molecule has 0 heterocycles. The van der Waals surface area contributed by atoms with E-state index >= 15 is 0 Å². The van der Waals surface area contributed by atoms with Crippen LogP contribution in [-0.4, -0.2) is 80.5 Å². The number of carbonyl (C=O) groups excluding carboxylic acids is 4. The number of phosphoric ester groups is 2. The minimum atomic E-state index is -4.64. The average molecular weight is 729 g/mol. The summed E-state index contributed by atoms with van der Waals surface area (Å²) in [5.41, 5.74) is 0.667. The predicted molar refractivity (Wildman–Crippen MR) is 175 cm³/mol. The van der Waals surface area contributed by atoms with E-state index < -0.39 is 39.0 Å². The van der Waals surface area contributed by atoms with E-state index in [1.165, 1.54) is 24.3 Å². The Morgan fingerprint density at radius 3 is 1.28 bits per heavy atom. The van der Waals surface area contributed by atoms with Crippen LogP contribution in [0.5, 0.6) is 11.5 Å². The number of hydrogen-bond donors (Lipinski definition) is 8. The molecule has 0 radical (unpaired) electrons. The first kappa shape index (κ1) is 39.3. The number of rotatable bonds is 14. The quantitative estimate of drug-likeness (QED) is 0.0511. The summed E-state index contributed by atoms with van der Waals surface area (Å²) in [6.45, 7) is -0.725. The summed E-state index contributed by atoms with van der Waals surface area (Å²) in [4.78, 5) is 83.0. The highest BCUT2D eigenvalue weighted by Crippen LogP contribution is 2.36. The second-order valence-corrected chi connectivity index (χ2v) is 12.6. The Kier molecular flexibility index (Phi) is 14.2. The SMILES string of the molecule is O=Cc1cc(C#Cc2ccc(C#Cc3cc(C=O)c(O)c(C(=O)NCCCOP(=O)(O)O)c3)cc2)cc(C(=O)NCCCOP(=O)(O)O)c1O. The van der Waals surface area contributed by atoms with Gasteiger partial charge in [0.1, 0.15) is 11.5 Å². The van der Waals surface area contributed by atoms with Crippen LogP contribution < -0.4 is 10.6 Å². The largest absolute Gasteiger partial charge is 0.506 e. The summed E-state index contributed by atoms with van der Waals surface area (Å²) in [6, 6.07) is 11.7. The van der Waals surface area contributed by atoms with Gasteiger partial charge in [0.05, 0.1) is 35.5 Å². The smallest absolute Gasteiger partial charge is 0.469 e. The molecule has 0 saturated carbocycles. The fourth-order valence-electron chi connectivity index (χ4n) is 4.02. The molecule has 0 bridgehead atoms. The molecule has 0 saturated heterocycles. The van der Waals surface area contributed by atoms with Crippen molar-refractivity contribution in [2.45, 2.75) is 12.8 Å². The number of nitrogens with one attached hydrogen (secondary N) is 2.